The van der Waals surface area contributed by atoms with E-state index in [1.54, 1.807) is 6.08 Å². The van der Waals surface area contributed by atoms with Gasteiger partial charge < -0.3 is 4.90 Å². The van der Waals surface area contributed by atoms with Crippen molar-refractivity contribution in [3.05, 3.63) is 79.9 Å². The topological polar surface area (TPSA) is 3.24 Å². The number of allylic oxidation sites excluding steroid dienone is 4. The molecule has 1 aromatic rings. The Kier molecular flexibility index (Phi) is 5.97. The van der Waals surface area contributed by atoms with E-state index in [4.69, 9.17) is 0 Å². The average Bonchev–Trinajstić information content (AvgIpc) is 2.30. The number of hydrogen-bond acceptors (Lipinski definition) is 1. The summed E-state index contributed by atoms with van der Waals surface area (Å²) in [5.41, 5.74) is 1.28. The van der Waals surface area contributed by atoms with Gasteiger partial charge in [-0.05, 0) is 18.7 Å². The summed E-state index contributed by atoms with van der Waals surface area (Å²) < 4.78 is 0. The zero-order valence-corrected chi connectivity index (χ0v) is 9.55. The molecule has 1 nitrogen and oxygen atoms in total. The molecule has 1 heteroatoms. The lowest BCUT2D eigenvalue weighted by Crippen LogP contribution is -2.14. The minimum Gasteiger partial charge on any atom is -0.452 e. The van der Waals surface area contributed by atoms with Gasteiger partial charge in [0.25, 0.3) is 0 Å². The maximum absolute atomic E-state index is 3.99. The standard InChI is InChI=1S/C15H18N/c1-3-4-5-6-10-13-16(2)14-15-11-8-7-9-12-15/h3-12H,1-2,13-14H2/q-1/b5-4-,10-6+. The van der Waals surface area contributed by atoms with Crippen molar-refractivity contribution in [3.8, 4) is 0 Å². The highest BCUT2D eigenvalue weighted by Gasteiger charge is 1.90. The minimum absolute atomic E-state index is 0.844. The lowest BCUT2D eigenvalue weighted by Gasteiger charge is -2.22. The first-order valence-corrected chi connectivity index (χ1v) is 5.36. The molecule has 0 unspecified atom stereocenters. The lowest BCUT2D eigenvalue weighted by atomic mass is 10.2. The maximum Gasteiger partial charge on any atom is -0.00428 e. The highest BCUT2D eigenvalue weighted by atomic mass is 15.1. The molecule has 0 radical (unpaired) electrons. The van der Waals surface area contributed by atoms with Crippen LogP contribution in [0.1, 0.15) is 5.56 Å². The Morgan fingerprint density at radius 3 is 2.56 bits per heavy atom. The predicted molar refractivity (Wildman–Crippen MR) is 70.7 cm³/mol. The summed E-state index contributed by atoms with van der Waals surface area (Å²) in [6, 6.07) is 10.3. The molecule has 16 heavy (non-hydrogen) atoms. The van der Waals surface area contributed by atoms with Crippen LogP contribution in [0.25, 0.3) is 0 Å². The number of rotatable bonds is 6. The van der Waals surface area contributed by atoms with E-state index < -0.39 is 0 Å². The van der Waals surface area contributed by atoms with Gasteiger partial charge in [-0.2, -0.15) is 0 Å². The zero-order valence-electron chi connectivity index (χ0n) is 9.55. The normalized spacial score (nSPS) is 11.6. The molecular formula is C15H18N-. The largest absolute Gasteiger partial charge is 0.452 e. The third-order valence-corrected chi connectivity index (χ3v) is 2.11. The first kappa shape index (κ1) is 12.5. The molecule has 0 saturated carbocycles. The van der Waals surface area contributed by atoms with Crippen molar-refractivity contribution in [3.63, 3.8) is 0 Å². The van der Waals surface area contributed by atoms with Crippen LogP contribution < -0.4 is 0 Å². The van der Waals surface area contributed by atoms with Crippen molar-refractivity contribution < 1.29 is 0 Å². The van der Waals surface area contributed by atoms with E-state index in [-0.39, 0.29) is 0 Å². The summed E-state index contributed by atoms with van der Waals surface area (Å²) in [6.45, 7) is 5.32. The highest BCUT2D eigenvalue weighted by molar-refractivity contribution is 5.15. The van der Waals surface area contributed by atoms with Crippen LogP contribution in [0.4, 0.5) is 0 Å². The molecule has 0 atom stereocenters. The van der Waals surface area contributed by atoms with Crippen LogP contribution in [0.3, 0.4) is 0 Å². The smallest absolute Gasteiger partial charge is 0.00428 e. The quantitative estimate of drug-likeness (QED) is 0.514. The lowest BCUT2D eigenvalue weighted by molar-refractivity contribution is 0.403. The summed E-state index contributed by atoms with van der Waals surface area (Å²) in [5, 5.41) is 0. The van der Waals surface area contributed by atoms with Crippen molar-refractivity contribution in [2.45, 2.75) is 6.54 Å². The average molecular weight is 212 g/mol. The first-order valence-electron chi connectivity index (χ1n) is 5.36. The molecule has 0 saturated heterocycles. The van der Waals surface area contributed by atoms with Gasteiger partial charge in [-0.1, -0.05) is 67.3 Å². The third kappa shape index (κ3) is 5.32. The van der Waals surface area contributed by atoms with Crippen LogP contribution in [0.2, 0.25) is 0 Å². The van der Waals surface area contributed by atoms with E-state index in [9.17, 15) is 0 Å². The van der Waals surface area contributed by atoms with Crippen LogP contribution in [0.5, 0.6) is 0 Å². The molecule has 0 aromatic heterocycles. The van der Waals surface area contributed by atoms with Gasteiger partial charge in [0, 0.05) is 0 Å². The molecule has 0 amide bonds. The molecule has 0 N–H and O–H groups in total. The summed E-state index contributed by atoms with van der Waals surface area (Å²) in [5.74, 6) is 0. The Bertz CT molecular complexity index is 349. The summed E-state index contributed by atoms with van der Waals surface area (Å²) in [6.07, 6.45) is 9.71. The molecule has 0 aliphatic heterocycles. The van der Waals surface area contributed by atoms with Gasteiger partial charge in [0.05, 0.1) is 0 Å². The van der Waals surface area contributed by atoms with E-state index in [1.807, 2.05) is 41.3 Å². The minimum atomic E-state index is 0.844. The van der Waals surface area contributed by atoms with Crippen LogP contribution >= 0.6 is 0 Å². The summed E-state index contributed by atoms with van der Waals surface area (Å²) >= 11 is 0. The van der Waals surface area contributed by atoms with Crippen molar-refractivity contribution >= 4 is 0 Å². The van der Waals surface area contributed by atoms with Crippen molar-refractivity contribution in [1.29, 1.82) is 0 Å². The molecular weight excluding hydrogens is 194 g/mol. The molecule has 84 valence electrons. The molecule has 0 spiro atoms. The fourth-order valence-corrected chi connectivity index (χ4v) is 1.34. The molecule has 1 aromatic carbocycles. The second kappa shape index (κ2) is 7.66. The van der Waals surface area contributed by atoms with Crippen LogP contribution in [-0.4, -0.2) is 11.4 Å². The Labute approximate surface area is 98.4 Å². The predicted octanol–water partition coefficient (Wildman–Crippen LogP) is 3.58. The van der Waals surface area contributed by atoms with E-state index in [1.165, 1.54) is 5.56 Å². The van der Waals surface area contributed by atoms with Gasteiger partial charge >= 0.3 is 0 Å². The van der Waals surface area contributed by atoms with Gasteiger partial charge in [0.15, 0.2) is 0 Å². The van der Waals surface area contributed by atoms with Gasteiger partial charge in [-0.3, -0.25) is 7.05 Å². The maximum atomic E-state index is 3.99. The summed E-state index contributed by atoms with van der Waals surface area (Å²) in [4.78, 5) is 2.02. The Morgan fingerprint density at radius 2 is 1.88 bits per heavy atom. The molecule has 0 aliphatic rings. The van der Waals surface area contributed by atoms with Crippen molar-refractivity contribution in [2.75, 3.05) is 6.54 Å². The molecule has 0 aliphatic carbocycles. The number of nitrogens with zero attached hydrogens (tertiary/aromatic N) is 1. The second-order valence-electron chi connectivity index (χ2n) is 3.55. The number of benzene rings is 1. The van der Waals surface area contributed by atoms with Gasteiger partial charge in [-0.15, -0.1) is 0 Å². The van der Waals surface area contributed by atoms with Crippen LogP contribution in [0.15, 0.2) is 67.3 Å². The zero-order chi connectivity index (χ0) is 11.6. The third-order valence-electron chi connectivity index (χ3n) is 2.11. The van der Waals surface area contributed by atoms with Gasteiger partial charge in [-0.25, -0.2) is 0 Å². The Balaban J connectivity index is 2.31. The second-order valence-corrected chi connectivity index (χ2v) is 3.55. The van der Waals surface area contributed by atoms with Crippen molar-refractivity contribution in [1.82, 2.24) is 4.90 Å². The van der Waals surface area contributed by atoms with Gasteiger partial charge in [0.1, 0.15) is 0 Å². The van der Waals surface area contributed by atoms with E-state index in [0.717, 1.165) is 13.1 Å². The molecule has 0 heterocycles. The van der Waals surface area contributed by atoms with Crippen LogP contribution in [0, 0.1) is 7.05 Å². The highest BCUT2D eigenvalue weighted by Crippen LogP contribution is 2.02. The van der Waals surface area contributed by atoms with E-state index >= 15 is 0 Å². The number of hydrogen-bond donors (Lipinski definition) is 0. The fourth-order valence-electron chi connectivity index (χ4n) is 1.34. The Morgan fingerprint density at radius 1 is 1.12 bits per heavy atom. The molecule has 1 rings (SSSR count). The van der Waals surface area contributed by atoms with E-state index in [0.29, 0.717) is 0 Å². The fraction of sp³-hybridized carbons (Fsp3) is 0.133. The van der Waals surface area contributed by atoms with E-state index in [2.05, 4.69) is 31.8 Å². The first-order chi connectivity index (χ1) is 7.83. The summed E-state index contributed by atoms with van der Waals surface area (Å²) in [7, 11) is 3.99. The Hall–Kier alpha value is -1.60. The molecule has 0 bridgehead atoms. The monoisotopic (exact) mass is 212 g/mol. The van der Waals surface area contributed by atoms with Gasteiger partial charge in [0.2, 0.25) is 0 Å². The molecule has 0 fully saturated rings. The SMILES string of the molecule is C=C/C=C\C=C\CN([CH2-])Cc1ccccc1. The van der Waals surface area contributed by atoms with Crippen LogP contribution in [-0.2, 0) is 6.54 Å². The van der Waals surface area contributed by atoms with Crippen molar-refractivity contribution in [2.24, 2.45) is 0 Å².